The van der Waals surface area contributed by atoms with E-state index in [2.05, 4.69) is 15.6 Å². The Morgan fingerprint density at radius 1 is 1.24 bits per heavy atom. The van der Waals surface area contributed by atoms with Crippen molar-refractivity contribution in [3.63, 3.8) is 0 Å². The van der Waals surface area contributed by atoms with Crippen molar-refractivity contribution in [2.45, 2.75) is 28.2 Å². The van der Waals surface area contributed by atoms with E-state index in [0.717, 1.165) is 29.3 Å². The number of amides is 2. The van der Waals surface area contributed by atoms with E-state index in [1.54, 1.807) is 54.6 Å². The summed E-state index contributed by atoms with van der Waals surface area (Å²) >= 11 is 8.58. The molecule has 0 radical (unpaired) electrons. The second-order valence-corrected chi connectivity index (χ2v) is 11.9. The smallest absolute Gasteiger partial charge is 0.283 e. The van der Waals surface area contributed by atoms with Gasteiger partial charge in [-0.3, -0.25) is 19.7 Å². The molecule has 5 rings (SSSR count). The van der Waals surface area contributed by atoms with Crippen molar-refractivity contribution in [3.8, 4) is 6.07 Å². The van der Waals surface area contributed by atoms with Gasteiger partial charge in [-0.2, -0.15) is 5.26 Å². The highest BCUT2D eigenvalue weighted by Gasteiger charge is 2.20. The fourth-order valence-corrected chi connectivity index (χ4v) is 6.61. The number of ether oxygens (including phenoxy) is 1. The van der Waals surface area contributed by atoms with Crippen LogP contribution in [0.4, 0.5) is 11.4 Å². The lowest BCUT2D eigenvalue weighted by atomic mass is 10.1. The van der Waals surface area contributed by atoms with Crippen molar-refractivity contribution in [2.24, 2.45) is 0 Å². The van der Waals surface area contributed by atoms with Crippen LogP contribution < -0.4 is 10.6 Å². The molecule has 0 bridgehead atoms. The first kappa shape index (κ1) is 29.2. The number of nitro benzene ring substituents is 1. The predicted molar refractivity (Wildman–Crippen MR) is 162 cm³/mol. The average Bonchev–Trinajstić information content (AvgIpc) is 3.64. The Hall–Kier alpha value is -4.28. The van der Waals surface area contributed by atoms with E-state index in [1.807, 2.05) is 6.07 Å². The van der Waals surface area contributed by atoms with Gasteiger partial charge in [-0.05, 0) is 60.9 Å². The lowest BCUT2D eigenvalue weighted by Crippen LogP contribution is -2.32. The summed E-state index contributed by atoms with van der Waals surface area (Å²) in [5.74, 6) is -0.908. The Morgan fingerprint density at radius 3 is 2.81 bits per heavy atom. The average molecular weight is 620 g/mol. The molecule has 4 aromatic rings. The molecule has 2 N–H and O–H groups in total. The molecular formula is C29H22ClN5O5S2. The number of benzene rings is 3. The fourth-order valence-electron chi connectivity index (χ4n) is 4.24. The number of hydrogen-bond donors (Lipinski definition) is 2. The van der Waals surface area contributed by atoms with E-state index in [-0.39, 0.29) is 23.3 Å². The molecule has 10 nitrogen and oxygen atoms in total. The number of carbonyl (C=O) groups is 2. The first-order valence-corrected chi connectivity index (χ1v) is 14.8. The van der Waals surface area contributed by atoms with E-state index in [9.17, 15) is 25.0 Å². The number of hydrogen-bond acceptors (Lipinski definition) is 9. The van der Waals surface area contributed by atoms with Crippen LogP contribution in [0.15, 0.2) is 75.5 Å². The van der Waals surface area contributed by atoms with Crippen LogP contribution in [0.3, 0.4) is 0 Å². The highest BCUT2D eigenvalue weighted by Crippen LogP contribution is 2.40. The lowest BCUT2D eigenvalue weighted by molar-refractivity contribution is -0.387. The zero-order valence-corrected chi connectivity index (χ0v) is 24.2. The molecule has 13 heteroatoms. The van der Waals surface area contributed by atoms with Crippen LogP contribution in [0.25, 0.3) is 16.3 Å². The van der Waals surface area contributed by atoms with Gasteiger partial charge in [0.1, 0.15) is 11.6 Å². The second-order valence-electron chi connectivity index (χ2n) is 9.20. The predicted octanol–water partition coefficient (Wildman–Crippen LogP) is 6.46. The highest BCUT2D eigenvalue weighted by molar-refractivity contribution is 8.01. The van der Waals surface area contributed by atoms with Crippen LogP contribution in [0.5, 0.6) is 0 Å². The van der Waals surface area contributed by atoms with Gasteiger partial charge in [-0.25, -0.2) is 4.98 Å². The molecule has 212 valence electrons. The molecule has 42 heavy (non-hydrogen) atoms. The van der Waals surface area contributed by atoms with Crippen molar-refractivity contribution in [1.82, 2.24) is 10.3 Å². The van der Waals surface area contributed by atoms with Gasteiger partial charge in [-0.1, -0.05) is 41.6 Å². The summed E-state index contributed by atoms with van der Waals surface area (Å²) < 4.78 is 6.83. The van der Waals surface area contributed by atoms with Crippen LogP contribution in [0.1, 0.15) is 28.8 Å². The van der Waals surface area contributed by atoms with E-state index in [0.29, 0.717) is 49.7 Å². The van der Waals surface area contributed by atoms with Crippen molar-refractivity contribution < 1.29 is 19.2 Å². The third-order valence-electron chi connectivity index (χ3n) is 6.31. The van der Waals surface area contributed by atoms with E-state index < -0.39 is 10.8 Å². The maximum Gasteiger partial charge on any atom is 0.283 e. The summed E-state index contributed by atoms with van der Waals surface area (Å²) in [6.07, 6.45) is 3.01. The third-order valence-corrected chi connectivity index (χ3v) is 8.79. The quantitative estimate of drug-likeness (QED) is 0.0938. The number of anilines is 1. The fraction of sp³-hybridized carbons (Fsp3) is 0.172. The summed E-state index contributed by atoms with van der Waals surface area (Å²) in [5, 5.41) is 27.3. The first-order valence-electron chi connectivity index (χ1n) is 12.7. The molecule has 1 fully saturated rings. The van der Waals surface area contributed by atoms with Crippen molar-refractivity contribution in [2.75, 3.05) is 18.5 Å². The molecule has 0 spiro atoms. The van der Waals surface area contributed by atoms with Gasteiger partial charge >= 0.3 is 0 Å². The molecule has 2 amide bonds. The van der Waals surface area contributed by atoms with Gasteiger partial charge in [0.25, 0.3) is 17.5 Å². The number of aromatic nitrogens is 1. The molecule has 0 aliphatic carbocycles. The Kier molecular flexibility index (Phi) is 9.14. The van der Waals surface area contributed by atoms with Crippen molar-refractivity contribution in [1.29, 1.82) is 5.26 Å². The third kappa shape index (κ3) is 6.95. The minimum atomic E-state index is -0.564. The first-order chi connectivity index (χ1) is 20.3. The Morgan fingerprint density at radius 2 is 2.07 bits per heavy atom. The molecule has 2 heterocycles. The molecular weight excluding hydrogens is 598 g/mol. The van der Waals surface area contributed by atoms with Gasteiger partial charge in [0.2, 0.25) is 0 Å². The molecule has 3 aromatic carbocycles. The van der Waals surface area contributed by atoms with Gasteiger partial charge < -0.3 is 15.4 Å². The lowest BCUT2D eigenvalue weighted by Gasteiger charge is -2.10. The van der Waals surface area contributed by atoms with Crippen molar-refractivity contribution in [3.05, 3.63) is 92.5 Å². The molecule has 1 aliphatic heterocycles. The summed E-state index contributed by atoms with van der Waals surface area (Å²) in [4.78, 5) is 41.4. The summed E-state index contributed by atoms with van der Waals surface area (Å²) in [7, 11) is 0. The van der Waals surface area contributed by atoms with E-state index in [4.69, 9.17) is 16.3 Å². The van der Waals surface area contributed by atoms with E-state index >= 15 is 0 Å². The molecule has 1 aliphatic rings. The van der Waals surface area contributed by atoms with Gasteiger partial charge in [0, 0.05) is 24.9 Å². The number of rotatable bonds is 9. The largest absolute Gasteiger partial charge is 0.376 e. The summed E-state index contributed by atoms with van der Waals surface area (Å²) in [5.41, 5.74) is 1.59. The Bertz CT molecular complexity index is 1760. The number of thiazole rings is 1. The van der Waals surface area contributed by atoms with Gasteiger partial charge in [0.15, 0.2) is 4.34 Å². The Labute approximate surface area is 253 Å². The number of carbonyl (C=O) groups excluding carboxylic acids is 2. The second kappa shape index (κ2) is 13.1. The number of nitrogens with one attached hydrogen (secondary N) is 2. The van der Waals surface area contributed by atoms with E-state index in [1.165, 1.54) is 23.5 Å². The van der Waals surface area contributed by atoms with Crippen molar-refractivity contribution >= 4 is 74.2 Å². The number of nitriles is 1. The minimum Gasteiger partial charge on any atom is -0.376 e. The molecule has 0 unspecified atom stereocenters. The zero-order chi connectivity index (χ0) is 29.6. The molecule has 0 saturated carbocycles. The van der Waals surface area contributed by atoms with Crippen LogP contribution in [-0.2, 0) is 9.53 Å². The molecule has 1 atom stereocenters. The summed E-state index contributed by atoms with van der Waals surface area (Å²) in [6.45, 7) is 0.946. The van der Waals surface area contributed by atoms with Gasteiger partial charge in [0.05, 0.1) is 36.7 Å². The zero-order valence-electron chi connectivity index (χ0n) is 21.8. The number of fused-ring (bicyclic) bond motifs is 1. The Balaban J connectivity index is 1.31. The SMILES string of the molecule is N#C/C(=C\c1ccc(Sc2nc3ccc(NC(=O)c4ccccc4Cl)cc3s2)c([N+](=O)[O-])c1)C(=O)NC[C@@H]1CCCO1. The van der Waals surface area contributed by atoms with Crippen LogP contribution in [-0.4, -0.2) is 41.0 Å². The van der Waals surface area contributed by atoms with Crippen LogP contribution in [0, 0.1) is 21.4 Å². The van der Waals surface area contributed by atoms with Gasteiger partial charge in [-0.15, -0.1) is 11.3 Å². The topological polar surface area (TPSA) is 147 Å². The summed E-state index contributed by atoms with van der Waals surface area (Å²) in [6, 6.07) is 18.4. The minimum absolute atomic E-state index is 0.0764. The van der Waals surface area contributed by atoms with Crippen LogP contribution >= 0.6 is 34.7 Å². The standard InChI is InChI=1S/C29H22ClN5O5S2/c30-22-6-2-1-5-21(22)28(37)33-19-8-9-23-26(14-19)42-29(34-23)41-25-10-7-17(13-24(25)35(38)39)12-18(15-31)27(36)32-16-20-4-3-11-40-20/h1-2,5-10,12-14,20H,3-4,11,16H2,(H,32,36)(H,33,37)/b18-12+/t20-/m0/s1. The molecule has 1 saturated heterocycles. The number of nitro groups is 1. The van der Waals surface area contributed by atoms with Crippen LogP contribution in [0.2, 0.25) is 5.02 Å². The number of halogens is 1. The highest BCUT2D eigenvalue weighted by atomic mass is 35.5. The maximum atomic E-state index is 12.6. The maximum absolute atomic E-state index is 12.6. The molecule has 1 aromatic heterocycles. The number of nitrogens with zero attached hydrogens (tertiary/aromatic N) is 3. The normalized spacial score (nSPS) is 14.9. The monoisotopic (exact) mass is 619 g/mol.